The van der Waals surface area contributed by atoms with Crippen molar-refractivity contribution in [1.29, 1.82) is 0 Å². The number of rotatable bonds is 6. The first-order valence-electron chi connectivity index (χ1n) is 8.22. The molecule has 1 fully saturated rings. The van der Waals surface area contributed by atoms with Crippen LogP contribution in [-0.4, -0.2) is 17.3 Å². The third-order valence-electron chi connectivity index (χ3n) is 4.33. The zero-order valence-corrected chi connectivity index (χ0v) is 13.5. The Kier molecular flexibility index (Phi) is 5.13. The van der Waals surface area contributed by atoms with E-state index >= 15 is 0 Å². The molecule has 1 aliphatic heterocycles. The van der Waals surface area contributed by atoms with E-state index < -0.39 is 0 Å². The molecule has 23 heavy (non-hydrogen) atoms. The van der Waals surface area contributed by atoms with Crippen LogP contribution >= 0.6 is 0 Å². The van der Waals surface area contributed by atoms with Gasteiger partial charge >= 0.3 is 0 Å². The number of ether oxygens (including phenoxy) is 2. The number of pyridine rings is 1. The predicted octanol–water partition coefficient (Wildman–Crippen LogP) is 3.30. The Bertz CT molecular complexity index is 688. The molecule has 2 heterocycles. The lowest BCUT2D eigenvalue weighted by molar-refractivity contribution is 0.100. The summed E-state index contributed by atoms with van der Waals surface area (Å²) in [7, 11) is 0. The van der Waals surface area contributed by atoms with E-state index in [1.807, 2.05) is 43.5 Å². The Hall–Kier alpha value is -2.07. The Labute approximate surface area is 136 Å². The second kappa shape index (κ2) is 7.47. The summed E-state index contributed by atoms with van der Waals surface area (Å²) in [4.78, 5) is 12.1. The van der Waals surface area contributed by atoms with Gasteiger partial charge in [0.1, 0.15) is 6.61 Å². The van der Waals surface area contributed by atoms with E-state index in [1.54, 1.807) is 6.07 Å². The molecule has 4 nitrogen and oxygen atoms in total. The predicted molar refractivity (Wildman–Crippen MR) is 89.8 cm³/mol. The topological polar surface area (TPSA) is 40.5 Å². The van der Waals surface area contributed by atoms with Gasteiger partial charge in [-0.25, -0.2) is 0 Å². The molecule has 1 aliphatic rings. The van der Waals surface area contributed by atoms with Gasteiger partial charge < -0.3 is 14.0 Å². The molecule has 0 aliphatic carbocycles. The van der Waals surface area contributed by atoms with Crippen LogP contribution < -0.4 is 10.2 Å². The molecule has 3 rings (SSSR count). The minimum absolute atomic E-state index is 0.0632. The molecular weight excluding hydrogens is 290 g/mol. The maximum absolute atomic E-state index is 12.1. The fraction of sp³-hybridized carbons (Fsp3) is 0.421. The quantitative estimate of drug-likeness (QED) is 0.821. The first-order valence-corrected chi connectivity index (χ1v) is 8.22. The van der Waals surface area contributed by atoms with Gasteiger partial charge in [0.15, 0.2) is 5.75 Å². The maximum atomic E-state index is 12.1. The van der Waals surface area contributed by atoms with E-state index in [-0.39, 0.29) is 5.43 Å². The second-order valence-electron chi connectivity index (χ2n) is 5.99. The van der Waals surface area contributed by atoms with E-state index in [2.05, 4.69) is 4.57 Å². The van der Waals surface area contributed by atoms with Gasteiger partial charge in [0.05, 0.1) is 11.8 Å². The van der Waals surface area contributed by atoms with Crippen molar-refractivity contribution >= 4 is 0 Å². The summed E-state index contributed by atoms with van der Waals surface area (Å²) in [5.41, 5.74) is 1.87. The van der Waals surface area contributed by atoms with Crippen LogP contribution in [0.2, 0.25) is 0 Å². The molecule has 4 heteroatoms. The molecule has 1 saturated heterocycles. The average Bonchev–Trinajstić information content (AvgIpc) is 3.08. The molecule has 1 atom stereocenters. The lowest BCUT2D eigenvalue weighted by Gasteiger charge is -2.16. The molecule has 0 spiro atoms. The summed E-state index contributed by atoms with van der Waals surface area (Å²) in [6, 6.07) is 11.5. The highest BCUT2D eigenvalue weighted by Gasteiger charge is 2.16. The van der Waals surface area contributed by atoms with Gasteiger partial charge in [0.25, 0.3) is 0 Å². The number of hydrogen-bond acceptors (Lipinski definition) is 3. The largest absolute Gasteiger partial charge is 0.483 e. The van der Waals surface area contributed by atoms with Crippen LogP contribution in [0, 0.1) is 6.92 Å². The highest BCUT2D eigenvalue weighted by molar-refractivity contribution is 5.28. The van der Waals surface area contributed by atoms with Gasteiger partial charge in [-0.3, -0.25) is 4.79 Å². The Morgan fingerprint density at radius 1 is 1.26 bits per heavy atom. The van der Waals surface area contributed by atoms with Gasteiger partial charge in [0.2, 0.25) is 5.43 Å². The molecule has 122 valence electrons. The minimum atomic E-state index is -0.0632. The van der Waals surface area contributed by atoms with Crippen molar-refractivity contribution in [3.63, 3.8) is 0 Å². The van der Waals surface area contributed by atoms with Gasteiger partial charge in [-0.15, -0.1) is 0 Å². The van der Waals surface area contributed by atoms with Crippen molar-refractivity contribution in [2.24, 2.45) is 0 Å². The Balaban J connectivity index is 1.69. The fourth-order valence-corrected chi connectivity index (χ4v) is 2.96. The summed E-state index contributed by atoms with van der Waals surface area (Å²) in [6.45, 7) is 4.07. The summed E-state index contributed by atoms with van der Waals surface area (Å²) in [5.74, 6) is 0.448. The molecule has 0 saturated carbocycles. The molecule has 1 unspecified atom stereocenters. The minimum Gasteiger partial charge on any atom is -0.483 e. The Morgan fingerprint density at radius 3 is 2.83 bits per heavy atom. The summed E-state index contributed by atoms with van der Waals surface area (Å²) < 4.78 is 13.6. The van der Waals surface area contributed by atoms with Crippen molar-refractivity contribution in [2.75, 3.05) is 6.61 Å². The van der Waals surface area contributed by atoms with Crippen LogP contribution in [0.1, 0.15) is 30.5 Å². The molecule has 1 aromatic carbocycles. The number of aromatic nitrogens is 1. The van der Waals surface area contributed by atoms with Crippen LogP contribution in [0.3, 0.4) is 0 Å². The standard InChI is InChI=1S/C19H23NO3/c1-15-19(23-14-16-6-3-2-4-7-16)18(21)10-12-20(15)11-9-17-8-5-13-22-17/h2-4,6-7,10,12,17H,5,8-9,11,13-14H2,1H3. The van der Waals surface area contributed by atoms with E-state index in [0.29, 0.717) is 18.5 Å². The van der Waals surface area contributed by atoms with Crippen molar-refractivity contribution in [3.8, 4) is 5.75 Å². The van der Waals surface area contributed by atoms with Crippen molar-refractivity contribution in [2.45, 2.75) is 45.4 Å². The molecular formula is C19H23NO3. The number of benzene rings is 1. The van der Waals surface area contributed by atoms with Crippen LogP contribution in [0.4, 0.5) is 0 Å². The van der Waals surface area contributed by atoms with Crippen LogP contribution in [0.5, 0.6) is 5.75 Å². The lowest BCUT2D eigenvalue weighted by atomic mass is 10.2. The van der Waals surface area contributed by atoms with E-state index in [0.717, 1.165) is 43.7 Å². The molecule has 0 radical (unpaired) electrons. The lowest BCUT2D eigenvalue weighted by Crippen LogP contribution is -2.17. The maximum Gasteiger partial charge on any atom is 0.223 e. The third-order valence-corrected chi connectivity index (χ3v) is 4.33. The van der Waals surface area contributed by atoms with Gasteiger partial charge in [-0.1, -0.05) is 30.3 Å². The van der Waals surface area contributed by atoms with Gasteiger partial charge in [0, 0.05) is 25.4 Å². The zero-order valence-electron chi connectivity index (χ0n) is 13.5. The monoisotopic (exact) mass is 313 g/mol. The fourth-order valence-electron chi connectivity index (χ4n) is 2.96. The first-order chi connectivity index (χ1) is 11.2. The molecule has 0 amide bonds. The van der Waals surface area contributed by atoms with Crippen LogP contribution in [0.15, 0.2) is 47.4 Å². The molecule has 0 N–H and O–H groups in total. The number of hydrogen-bond donors (Lipinski definition) is 0. The molecule has 2 aromatic rings. The van der Waals surface area contributed by atoms with Crippen LogP contribution in [0.25, 0.3) is 0 Å². The SMILES string of the molecule is Cc1c(OCc2ccccc2)c(=O)ccn1CCC1CCCO1. The molecule has 1 aromatic heterocycles. The smallest absolute Gasteiger partial charge is 0.223 e. The Morgan fingerprint density at radius 2 is 2.09 bits per heavy atom. The van der Waals surface area contributed by atoms with E-state index in [4.69, 9.17) is 9.47 Å². The highest BCUT2D eigenvalue weighted by Crippen LogP contribution is 2.18. The average molecular weight is 313 g/mol. The summed E-state index contributed by atoms with van der Waals surface area (Å²) >= 11 is 0. The number of nitrogens with zero attached hydrogens (tertiary/aromatic N) is 1. The zero-order chi connectivity index (χ0) is 16.1. The van der Waals surface area contributed by atoms with Crippen molar-refractivity contribution in [1.82, 2.24) is 4.57 Å². The number of aryl methyl sites for hydroxylation is 1. The summed E-state index contributed by atoms with van der Waals surface area (Å²) in [5, 5.41) is 0. The highest BCUT2D eigenvalue weighted by atomic mass is 16.5. The first kappa shape index (κ1) is 15.8. The van der Waals surface area contributed by atoms with Crippen LogP contribution in [-0.2, 0) is 17.9 Å². The van der Waals surface area contributed by atoms with E-state index in [9.17, 15) is 4.79 Å². The van der Waals surface area contributed by atoms with Crippen molar-refractivity contribution < 1.29 is 9.47 Å². The third kappa shape index (κ3) is 4.02. The van der Waals surface area contributed by atoms with Gasteiger partial charge in [-0.05, 0) is 31.7 Å². The van der Waals surface area contributed by atoms with Crippen molar-refractivity contribution in [3.05, 3.63) is 64.1 Å². The second-order valence-corrected chi connectivity index (χ2v) is 5.99. The normalized spacial score (nSPS) is 17.3. The van der Waals surface area contributed by atoms with E-state index in [1.165, 1.54) is 0 Å². The summed E-state index contributed by atoms with van der Waals surface area (Å²) in [6.07, 6.45) is 5.46. The van der Waals surface area contributed by atoms with Gasteiger partial charge in [-0.2, -0.15) is 0 Å². The molecule has 0 bridgehead atoms.